The van der Waals surface area contributed by atoms with E-state index in [0.29, 0.717) is 42.4 Å². The van der Waals surface area contributed by atoms with Crippen LogP contribution in [0, 0.1) is 5.82 Å². The summed E-state index contributed by atoms with van der Waals surface area (Å²) in [6, 6.07) is 19.2. The number of carbonyl (C=O) groups is 1. The minimum atomic E-state index is -0.466. The Morgan fingerprint density at radius 1 is 0.879 bits per heavy atom. The van der Waals surface area contributed by atoms with Crippen molar-refractivity contribution in [2.75, 3.05) is 34.0 Å². The molecule has 0 saturated heterocycles. The molecule has 0 bridgehead atoms. The van der Waals surface area contributed by atoms with E-state index < -0.39 is 5.82 Å². The fourth-order valence-electron chi connectivity index (χ4n) is 3.23. The summed E-state index contributed by atoms with van der Waals surface area (Å²) in [6.45, 7) is 3.23. The van der Waals surface area contributed by atoms with Crippen LogP contribution >= 0.6 is 0 Å². The molecule has 0 aromatic heterocycles. The van der Waals surface area contributed by atoms with Crippen LogP contribution < -0.4 is 18.9 Å². The number of amides is 1. The Labute approximate surface area is 193 Å². The molecule has 1 amide bonds. The summed E-state index contributed by atoms with van der Waals surface area (Å²) >= 11 is 0. The molecule has 0 aliphatic carbocycles. The number of methoxy groups -OCH3 is 1. The predicted molar refractivity (Wildman–Crippen MR) is 124 cm³/mol. The van der Waals surface area contributed by atoms with Crippen LogP contribution in [0.4, 0.5) is 4.39 Å². The van der Waals surface area contributed by atoms with Gasteiger partial charge in [0, 0.05) is 19.2 Å². The molecular weight excluding hydrogens is 425 g/mol. The first kappa shape index (κ1) is 23.9. The number of benzene rings is 3. The highest BCUT2D eigenvalue weighted by Crippen LogP contribution is 2.29. The van der Waals surface area contributed by atoms with Gasteiger partial charge in [-0.3, -0.25) is 4.79 Å². The topological polar surface area (TPSA) is 57.2 Å². The molecule has 0 radical (unpaired) electrons. The van der Waals surface area contributed by atoms with Crippen LogP contribution in [-0.4, -0.2) is 44.8 Å². The zero-order chi connectivity index (χ0) is 23.6. The lowest BCUT2D eigenvalue weighted by atomic mass is 10.1. The van der Waals surface area contributed by atoms with Gasteiger partial charge in [-0.25, -0.2) is 4.39 Å². The van der Waals surface area contributed by atoms with Crippen LogP contribution in [0.3, 0.4) is 0 Å². The summed E-state index contributed by atoms with van der Waals surface area (Å²) < 4.78 is 36.0. The van der Waals surface area contributed by atoms with Gasteiger partial charge in [-0.1, -0.05) is 24.3 Å². The van der Waals surface area contributed by atoms with E-state index in [-0.39, 0.29) is 18.2 Å². The number of hydrogen-bond acceptors (Lipinski definition) is 5. The zero-order valence-corrected chi connectivity index (χ0v) is 19.0. The Balaban J connectivity index is 1.62. The molecule has 3 rings (SSSR count). The smallest absolute Gasteiger partial charge is 0.254 e. The van der Waals surface area contributed by atoms with E-state index in [4.69, 9.17) is 18.9 Å². The van der Waals surface area contributed by atoms with Gasteiger partial charge in [0.05, 0.1) is 13.7 Å². The lowest BCUT2D eigenvalue weighted by Crippen LogP contribution is -2.26. The average Bonchev–Trinajstić information content (AvgIpc) is 2.83. The number of nitrogens with zero attached hydrogens (tertiary/aromatic N) is 1. The molecule has 0 saturated carbocycles. The van der Waals surface area contributed by atoms with Crippen molar-refractivity contribution in [3.05, 3.63) is 83.7 Å². The van der Waals surface area contributed by atoms with Crippen molar-refractivity contribution in [2.24, 2.45) is 0 Å². The second-order valence-corrected chi connectivity index (χ2v) is 7.23. The van der Waals surface area contributed by atoms with E-state index in [9.17, 15) is 9.18 Å². The van der Waals surface area contributed by atoms with E-state index in [0.717, 1.165) is 5.75 Å². The fourth-order valence-corrected chi connectivity index (χ4v) is 3.23. The van der Waals surface area contributed by atoms with Gasteiger partial charge in [0.1, 0.15) is 19.0 Å². The number of carbonyl (C=O) groups excluding carboxylic acids is 1. The molecule has 33 heavy (non-hydrogen) atoms. The quantitative estimate of drug-likeness (QED) is 0.384. The fraction of sp³-hybridized carbons (Fsp3) is 0.269. The van der Waals surface area contributed by atoms with Crippen molar-refractivity contribution >= 4 is 5.91 Å². The van der Waals surface area contributed by atoms with E-state index in [1.807, 2.05) is 37.3 Å². The monoisotopic (exact) mass is 453 g/mol. The van der Waals surface area contributed by atoms with Crippen LogP contribution in [0.15, 0.2) is 66.7 Å². The van der Waals surface area contributed by atoms with Crippen LogP contribution in [0.2, 0.25) is 0 Å². The molecule has 3 aromatic carbocycles. The third kappa shape index (κ3) is 6.62. The molecule has 7 heteroatoms. The molecule has 174 valence electrons. The predicted octanol–water partition coefficient (Wildman–Crippen LogP) is 4.96. The van der Waals surface area contributed by atoms with Gasteiger partial charge in [0.25, 0.3) is 5.91 Å². The largest absolute Gasteiger partial charge is 0.494 e. The van der Waals surface area contributed by atoms with Crippen molar-refractivity contribution < 1.29 is 28.1 Å². The van der Waals surface area contributed by atoms with Gasteiger partial charge >= 0.3 is 0 Å². The Morgan fingerprint density at radius 3 is 2.30 bits per heavy atom. The molecule has 0 atom stereocenters. The van der Waals surface area contributed by atoms with Crippen molar-refractivity contribution in [3.63, 3.8) is 0 Å². The van der Waals surface area contributed by atoms with Crippen molar-refractivity contribution in [2.45, 2.75) is 13.5 Å². The minimum absolute atomic E-state index is 0.166. The number of para-hydroxylation sites is 1. The zero-order valence-electron chi connectivity index (χ0n) is 19.0. The molecule has 0 aliphatic rings. The van der Waals surface area contributed by atoms with E-state index in [2.05, 4.69) is 0 Å². The normalized spacial score (nSPS) is 10.4. The molecule has 0 heterocycles. The van der Waals surface area contributed by atoms with Gasteiger partial charge < -0.3 is 23.8 Å². The molecule has 6 nitrogen and oxygen atoms in total. The number of halogens is 1. The summed E-state index contributed by atoms with van der Waals surface area (Å²) in [7, 11) is 3.07. The average molecular weight is 454 g/mol. The number of rotatable bonds is 11. The molecule has 0 spiro atoms. The molecule has 0 unspecified atom stereocenters. The SMILES string of the molecule is CCOc1cc(C(=O)N(C)Cc2ccc(OC)c(F)c2)ccc1OCCOc1ccccc1. The minimum Gasteiger partial charge on any atom is -0.494 e. The van der Waals surface area contributed by atoms with Crippen LogP contribution in [0.5, 0.6) is 23.0 Å². The van der Waals surface area contributed by atoms with Gasteiger partial charge in [-0.15, -0.1) is 0 Å². The number of ether oxygens (including phenoxy) is 4. The standard InChI is InChI=1S/C26H28FNO5/c1-4-31-25-17-20(11-13-24(25)33-15-14-32-21-8-6-5-7-9-21)26(29)28(2)18-19-10-12-23(30-3)22(27)16-19/h5-13,16-17H,4,14-15,18H2,1-3H3. The Kier molecular flexibility index (Phi) is 8.52. The van der Waals surface area contributed by atoms with E-state index >= 15 is 0 Å². The van der Waals surface area contributed by atoms with Crippen molar-refractivity contribution in [1.29, 1.82) is 0 Å². The first-order valence-corrected chi connectivity index (χ1v) is 10.7. The van der Waals surface area contributed by atoms with Crippen molar-refractivity contribution in [3.8, 4) is 23.0 Å². The van der Waals surface area contributed by atoms with Crippen LogP contribution in [0.1, 0.15) is 22.8 Å². The lowest BCUT2D eigenvalue weighted by molar-refractivity contribution is 0.0784. The van der Waals surface area contributed by atoms with Crippen LogP contribution in [-0.2, 0) is 6.54 Å². The highest BCUT2D eigenvalue weighted by molar-refractivity contribution is 5.94. The Hall–Kier alpha value is -3.74. The third-order valence-corrected chi connectivity index (χ3v) is 4.83. The Bertz CT molecular complexity index is 1060. The summed E-state index contributed by atoms with van der Waals surface area (Å²) in [5.41, 5.74) is 1.11. The number of hydrogen-bond donors (Lipinski definition) is 0. The summed E-state index contributed by atoms with van der Waals surface area (Å²) in [5, 5.41) is 0. The first-order chi connectivity index (χ1) is 16.0. The molecule has 0 N–H and O–H groups in total. The lowest BCUT2D eigenvalue weighted by Gasteiger charge is -2.19. The highest BCUT2D eigenvalue weighted by atomic mass is 19.1. The second kappa shape index (κ2) is 11.8. The second-order valence-electron chi connectivity index (χ2n) is 7.23. The maximum absolute atomic E-state index is 14.0. The van der Waals surface area contributed by atoms with Gasteiger partial charge in [-0.2, -0.15) is 0 Å². The summed E-state index contributed by atoms with van der Waals surface area (Å²) in [5.74, 6) is 1.26. The molecule has 0 fully saturated rings. The van der Waals surface area contributed by atoms with Gasteiger partial charge in [0.15, 0.2) is 23.1 Å². The molecule has 0 aliphatic heterocycles. The first-order valence-electron chi connectivity index (χ1n) is 10.7. The van der Waals surface area contributed by atoms with Crippen LogP contribution in [0.25, 0.3) is 0 Å². The maximum atomic E-state index is 14.0. The maximum Gasteiger partial charge on any atom is 0.254 e. The summed E-state index contributed by atoms with van der Waals surface area (Å²) in [4.78, 5) is 14.4. The highest BCUT2D eigenvalue weighted by Gasteiger charge is 2.16. The summed E-state index contributed by atoms with van der Waals surface area (Å²) in [6.07, 6.45) is 0. The van der Waals surface area contributed by atoms with E-state index in [1.165, 1.54) is 18.1 Å². The van der Waals surface area contributed by atoms with Gasteiger partial charge in [-0.05, 0) is 55.0 Å². The Morgan fingerprint density at radius 2 is 1.61 bits per heavy atom. The molecular formula is C26H28FNO5. The molecule has 3 aromatic rings. The third-order valence-electron chi connectivity index (χ3n) is 4.83. The van der Waals surface area contributed by atoms with E-state index in [1.54, 1.807) is 37.4 Å². The van der Waals surface area contributed by atoms with Gasteiger partial charge in [0.2, 0.25) is 0 Å². The van der Waals surface area contributed by atoms with Crippen molar-refractivity contribution in [1.82, 2.24) is 4.90 Å².